The number of benzene rings is 1. The van der Waals surface area contributed by atoms with Gasteiger partial charge in [-0.25, -0.2) is 0 Å². The number of aromatic nitrogens is 2. The minimum Gasteiger partial charge on any atom is -0.391 e. The van der Waals surface area contributed by atoms with E-state index in [1.165, 1.54) is 11.7 Å². The SMILES string of the molecule is O=C(CC(F)(F)F)N[C@H]1C[C@H]2CN(Cc3ccc4nsnc4c3)C[C@H]2C[C@@H]1O. The van der Waals surface area contributed by atoms with Gasteiger partial charge in [-0.05, 0) is 42.4 Å². The van der Waals surface area contributed by atoms with Gasteiger partial charge in [0.15, 0.2) is 0 Å². The van der Waals surface area contributed by atoms with Gasteiger partial charge in [-0.2, -0.15) is 21.9 Å². The highest BCUT2D eigenvalue weighted by Gasteiger charge is 2.42. The first-order chi connectivity index (χ1) is 13.3. The highest BCUT2D eigenvalue weighted by molar-refractivity contribution is 7.00. The topological polar surface area (TPSA) is 78.4 Å². The van der Waals surface area contributed by atoms with Crippen LogP contribution in [0.5, 0.6) is 0 Å². The largest absolute Gasteiger partial charge is 0.397 e. The Bertz CT molecular complexity index is 859. The van der Waals surface area contributed by atoms with Crippen molar-refractivity contribution in [3.8, 4) is 0 Å². The van der Waals surface area contributed by atoms with E-state index in [0.29, 0.717) is 12.8 Å². The molecule has 1 saturated carbocycles. The molecule has 2 aliphatic rings. The second kappa shape index (κ2) is 7.57. The second-order valence-corrected chi connectivity index (χ2v) is 8.33. The summed E-state index contributed by atoms with van der Waals surface area (Å²) in [7, 11) is 0. The van der Waals surface area contributed by atoms with Gasteiger partial charge >= 0.3 is 6.18 Å². The third-order valence-corrected chi connectivity index (χ3v) is 6.21. The minimum atomic E-state index is -4.54. The molecule has 2 N–H and O–H groups in total. The maximum absolute atomic E-state index is 12.4. The molecule has 28 heavy (non-hydrogen) atoms. The van der Waals surface area contributed by atoms with Crippen LogP contribution in [-0.4, -0.2) is 56.1 Å². The number of aliphatic hydroxyl groups excluding tert-OH is 1. The number of rotatable bonds is 4. The predicted molar refractivity (Wildman–Crippen MR) is 97.5 cm³/mol. The van der Waals surface area contributed by atoms with Crippen molar-refractivity contribution in [3.63, 3.8) is 0 Å². The monoisotopic (exact) mass is 414 g/mol. The number of halogens is 3. The first-order valence-electron chi connectivity index (χ1n) is 9.24. The zero-order valence-electron chi connectivity index (χ0n) is 15.0. The molecule has 1 amide bonds. The zero-order valence-corrected chi connectivity index (χ0v) is 15.8. The first kappa shape index (κ1) is 19.5. The van der Waals surface area contributed by atoms with Crippen molar-refractivity contribution in [3.05, 3.63) is 23.8 Å². The lowest BCUT2D eigenvalue weighted by molar-refractivity contribution is -0.155. The number of hydrogen-bond donors (Lipinski definition) is 2. The van der Waals surface area contributed by atoms with Crippen LogP contribution in [0.3, 0.4) is 0 Å². The van der Waals surface area contributed by atoms with Gasteiger partial charge in [0.25, 0.3) is 0 Å². The van der Waals surface area contributed by atoms with Crippen LogP contribution in [0.1, 0.15) is 24.8 Å². The van der Waals surface area contributed by atoms with Crippen LogP contribution >= 0.6 is 11.7 Å². The number of fused-ring (bicyclic) bond motifs is 2. The van der Waals surface area contributed by atoms with Crippen LogP contribution in [0.4, 0.5) is 13.2 Å². The average molecular weight is 414 g/mol. The van der Waals surface area contributed by atoms with Crippen molar-refractivity contribution in [2.75, 3.05) is 13.1 Å². The van der Waals surface area contributed by atoms with Crippen molar-refractivity contribution in [2.24, 2.45) is 11.8 Å². The molecule has 1 aromatic carbocycles. The fraction of sp³-hybridized carbons (Fsp3) is 0.611. The molecule has 2 aromatic rings. The Labute approximate surface area is 164 Å². The molecule has 0 radical (unpaired) electrons. The van der Waals surface area contributed by atoms with Crippen LogP contribution in [0.2, 0.25) is 0 Å². The summed E-state index contributed by atoms with van der Waals surface area (Å²) >= 11 is 1.18. The molecule has 4 rings (SSSR count). The summed E-state index contributed by atoms with van der Waals surface area (Å²) in [5.41, 5.74) is 2.89. The lowest BCUT2D eigenvalue weighted by Gasteiger charge is -2.35. The molecule has 1 aromatic heterocycles. The summed E-state index contributed by atoms with van der Waals surface area (Å²) in [5.74, 6) is -0.533. The highest BCUT2D eigenvalue weighted by Crippen LogP contribution is 2.37. The minimum absolute atomic E-state index is 0.254. The zero-order chi connectivity index (χ0) is 19.9. The van der Waals surface area contributed by atoms with Crippen molar-refractivity contribution < 1.29 is 23.1 Å². The highest BCUT2D eigenvalue weighted by atomic mass is 32.1. The number of hydrogen-bond acceptors (Lipinski definition) is 6. The summed E-state index contributed by atoms with van der Waals surface area (Å²) in [6.45, 7) is 2.39. The fourth-order valence-electron chi connectivity index (χ4n) is 4.44. The van der Waals surface area contributed by atoms with E-state index in [4.69, 9.17) is 0 Å². The number of carbonyl (C=O) groups excluding carboxylic acids is 1. The molecule has 4 atom stereocenters. The Hall–Kier alpha value is -1.78. The van der Waals surface area contributed by atoms with E-state index in [1.54, 1.807) is 0 Å². The van der Waals surface area contributed by atoms with E-state index in [9.17, 15) is 23.1 Å². The maximum Gasteiger partial charge on any atom is 0.397 e. The number of carbonyl (C=O) groups is 1. The van der Waals surface area contributed by atoms with Crippen LogP contribution in [0.25, 0.3) is 11.0 Å². The van der Waals surface area contributed by atoms with E-state index in [2.05, 4.69) is 19.0 Å². The van der Waals surface area contributed by atoms with E-state index in [1.807, 2.05) is 18.2 Å². The predicted octanol–water partition coefficient (Wildman–Crippen LogP) is 2.33. The number of aliphatic hydroxyl groups is 1. The van der Waals surface area contributed by atoms with Gasteiger partial charge in [-0.3, -0.25) is 9.69 Å². The normalized spacial score (nSPS) is 28.4. The molecule has 2 heterocycles. The maximum atomic E-state index is 12.4. The van der Waals surface area contributed by atoms with Gasteiger partial charge in [-0.15, -0.1) is 0 Å². The molecule has 1 aliphatic heterocycles. The summed E-state index contributed by atoms with van der Waals surface area (Å²) in [6, 6.07) is 5.39. The second-order valence-electron chi connectivity index (χ2n) is 7.81. The van der Waals surface area contributed by atoms with Gasteiger partial charge < -0.3 is 10.4 Å². The Morgan fingerprint density at radius 1 is 1.21 bits per heavy atom. The van der Waals surface area contributed by atoms with Crippen molar-refractivity contribution in [2.45, 2.75) is 44.1 Å². The van der Waals surface area contributed by atoms with Crippen LogP contribution in [0, 0.1) is 11.8 Å². The first-order valence-corrected chi connectivity index (χ1v) is 9.97. The molecule has 0 unspecified atom stereocenters. The average Bonchev–Trinajstić information content (AvgIpc) is 3.19. The Kier molecular flexibility index (Phi) is 5.28. The summed E-state index contributed by atoms with van der Waals surface area (Å²) in [5, 5.41) is 12.7. The number of alkyl halides is 3. The van der Waals surface area contributed by atoms with Gasteiger partial charge in [0.1, 0.15) is 17.5 Å². The number of nitrogens with zero attached hydrogens (tertiary/aromatic N) is 3. The molecule has 6 nitrogen and oxygen atoms in total. The summed E-state index contributed by atoms with van der Waals surface area (Å²) in [4.78, 5) is 13.9. The quantitative estimate of drug-likeness (QED) is 0.803. The third kappa shape index (κ3) is 4.44. The molecule has 0 spiro atoms. The van der Waals surface area contributed by atoms with Crippen molar-refractivity contribution in [1.82, 2.24) is 19.0 Å². The Balaban J connectivity index is 1.35. The lowest BCUT2D eigenvalue weighted by atomic mass is 9.77. The van der Waals surface area contributed by atoms with Gasteiger partial charge in [0.2, 0.25) is 5.91 Å². The van der Waals surface area contributed by atoms with E-state index < -0.39 is 30.7 Å². The molecule has 1 saturated heterocycles. The molecular weight excluding hydrogens is 393 g/mol. The van der Waals surface area contributed by atoms with Crippen molar-refractivity contribution in [1.29, 1.82) is 0 Å². The smallest absolute Gasteiger partial charge is 0.391 e. The number of amides is 1. The number of nitrogens with one attached hydrogen (secondary N) is 1. The number of likely N-dealkylation sites (tertiary alicyclic amines) is 1. The van der Waals surface area contributed by atoms with Crippen LogP contribution in [-0.2, 0) is 11.3 Å². The lowest BCUT2D eigenvalue weighted by Crippen LogP contribution is -2.50. The standard InChI is InChI=1S/C18H21F3N4O2S/c19-18(20,21)6-17(27)22-15-4-11-8-25(9-12(11)5-16(15)26)7-10-1-2-13-14(3-10)24-28-23-13/h1-3,11-12,15-16,26H,4-9H2,(H,22,27)/t11-,12+,15-,16-/m0/s1. The van der Waals surface area contributed by atoms with Gasteiger partial charge in [0, 0.05) is 19.6 Å². The van der Waals surface area contributed by atoms with Gasteiger partial charge in [-0.1, -0.05) is 6.07 Å². The molecule has 152 valence electrons. The van der Waals surface area contributed by atoms with Crippen molar-refractivity contribution >= 4 is 28.7 Å². The molecular formula is C18H21F3N4O2S. The van der Waals surface area contributed by atoms with Gasteiger partial charge in [0.05, 0.1) is 23.9 Å². The van der Waals surface area contributed by atoms with Crippen LogP contribution in [0.15, 0.2) is 18.2 Å². The molecule has 1 aliphatic carbocycles. The third-order valence-electron chi connectivity index (χ3n) is 5.65. The van der Waals surface area contributed by atoms with Crippen LogP contribution < -0.4 is 5.32 Å². The Morgan fingerprint density at radius 3 is 2.68 bits per heavy atom. The molecule has 2 fully saturated rings. The summed E-state index contributed by atoms with van der Waals surface area (Å²) < 4.78 is 45.6. The molecule has 10 heteroatoms. The van der Waals surface area contributed by atoms with E-state index in [0.717, 1.165) is 36.2 Å². The molecule has 0 bridgehead atoms. The van der Waals surface area contributed by atoms with E-state index in [-0.39, 0.29) is 11.8 Å². The Morgan fingerprint density at radius 2 is 1.93 bits per heavy atom. The summed E-state index contributed by atoms with van der Waals surface area (Å²) in [6.07, 6.45) is -5.86. The fourth-order valence-corrected chi connectivity index (χ4v) is 4.95. The van der Waals surface area contributed by atoms with E-state index >= 15 is 0 Å².